The monoisotopic (exact) mass is 375 g/mol. The Morgan fingerprint density at radius 3 is 2.54 bits per heavy atom. The van der Waals surface area contributed by atoms with Crippen LogP contribution in [-0.4, -0.2) is 9.55 Å². The lowest BCUT2D eigenvalue weighted by Gasteiger charge is -2.30. The molecule has 1 N–H and O–H groups in total. The molecule has 0 bridgehead atoms. The molecule has 0 saturated carbocycles. The van der Waals surface area contributed by atoms with E-state index in [0.717, 1.165) is 32.6 Å². The van der Waals surface area contributed by atoms with Gasteiger partial charge in [-0.2, -0.15) is 0 Å². The topological polar surface area (TPSA) is 29.9 Å². The van der Waals surface area contributed by atoms with Gasteiger partial charge >= 0.3 is 0 Å². The van der Waals surface area contributed by atoms with Crippen molar-refractivity contribution in [1.82, 2.24) is 9.55 Å². The zero-order valence-corrected chi connectivity index (χ0v) is 14.4. The second-order valence-electron chi connectivity index (χ2n) is 5.91. The van der Waals surface area contributed by atoms with Crippen molar-refractivity contribution in [2.24, 2.45) is 0 Å². The van der Waals surface area contributed by atoms with Crippen molar-refractivity contribution in [1.29, 1.82) is 0 Å². The number of aromatic nitrogens is 2. The standard InChI is InChI=1S/C20H14BrN3/c21-15-9-3-1-7-13(15)19-22-16-10-4-2-8-14(16)20-23-17-11-5-6-12-18(17)24(19)20/h1-12,19,22H. The molecule has 24 heavy (non-hydrogen) atoms. The minimum atomic E-state index is -0.00197. The molecule has 1 unspecified atom stereocenters. The highest BCUT2D eigenvalue weighted by Crippen LogP contribution is 2.41. The van der Waals surface area contributed by atoms with Gasteiger partial charge in [0.05, 0.1) is 11.0 Å². The lowest BCUT2D eigenvalue weighted by molar-refractivity contribution is 0.666. The minimum absolute atomic E-state index is 0.00197. The number of hydrogen-bond acceptors (Lipinski definition) is 2. The van der Waals surface area contributed by atoms with Crippen LogP contribution in [0.4, 0.5) is 5.69 Å². The molecular weight excluding hydrogens is 362 g/mol. The van der Waals surface area contributed by atoms with Gasteiger partial charge in [-0.3, -0.25) is 4.57 Å². The number of para-hydroxylation sites is 3. The quantitative estimate of drug-likeness (QED) is 0.480. The summed E-state index contributed by atoms with van der Waals surface area (Å²) >= 11 is 3.70. The first kappa shape index (κ1) is 13.8. The van der Waals surface area contributed by atoms with E-state index in [2.05, 4.69) is 86.5 Å². The smallest absolute Gasteiger partial charge is 0.145 e. The van der Waals surface area contributed by atoms with Crippen LogP contribution in [0.15, 0.2) is 77.3 Å². The summed E-state index contributed by atoms with van der Waals surface area (Å²) in [4.78, 5) is 4.91. The molecule has 0 spiro atoms. The van der Waals surface area contributed by atoms with Gasteiger partial charge in [-0.25, -0.2) is 4.98 Å². The van der Waals surface area contributed by atoms with E-state index in [4.69, 9.17) is 4.98 Å². The minimum Gasteiger partial charge on any atom is -0.360 e. The van der Waals surface area contributed by atoms with Gasteiger partial charge in [-0.05, 0) is 30.3 Å². The summed E-state index contributed by atoms with van der Waals surface area (Å²) in [7, 11) is 0. The van der Waals surface area contributed by atoms with Crippen LogP contribution in [0, 0.1) is 0 Å². The van der Waals surface area contributed by atoms with E-state index in [-0.39, 0.29) is 6.17 Å². The van der Waals surface area contributed by atoms with Crippen LogP contribution in [0.1, 0.15) is 11.7 Å². The van der Waals surface area contributed by atoms with Gasteiger partial charge in [0.1, 0.15) is 12.0 Å². The van der Waals surface area contributed by atoms with Crippen molar-refractivity contribution in [3.8, 4) is 11.4 Å². The molecule has 116 valence electrons. The maximum atomic E-state index is 4.91. The van der Waals surface area contributed by atoms with Gasteiger partial charge in [-0.15, -0.1) is 0 Å². The third-order valence-corrected chi connectivity index (χ3v) is 5.24. The van der Waals surface area contributed by atoms with Crippen LogP contribution in [-0.2, 0) is 0 Å². The molecule has 4 aromatic rings. The SMILES string of the molecule is Brc1ccccc1C1Nc2ccccc2-c2nc3ccccc3n21. The van der Waals surface area contributed by atoms with Gasteiger partial charge < -0.3 is 5.32 Å². The Hall–Kier alpha value is -2.59. The number of hydrogen-bond donors (Lipinski definition) is 1. The summed E-state index contributed by atoms with van der Waals surface area (Å²) in [6.45, 7) is 0. The van der Waals surface area contributed by atoms with Crippen molar-refractivity contribution in [3.05, 3.63) is 82.8 Å². The van der Waals surface area contributed by atoms with Crippen molar-refractivity contribution in [3.63, 3.8) is 0 Å². The molecule has 0 amide bonds. The maximum Gasteiger partial charge on any atom is 0.145 e. The van der Waals surface area contributed by atoms with Crippen molar-refractivity contribution in [2.45, 2.75) is 6.17 Å². The molecule has 0 fully saturated rings. The molecule has 2 heterocycles. The Morgan fingerprint density at radius 1 is 0.875 bits per heavy atom. The summed E-state index contributed by atoms with van der Waals surface area (Å²) in [5.41, 5.74) is 5.59. The normalized spacial score (nSPS) is 15.6. The molecule has 1 atom stereocenters. The van der Waals surface area contributed by atoms with Gasteiger partial charge in [0, 0.05) is 21.3 Å². The number of rotatable bonds is 1. The molecular formula is C20H14BrN3. The lowest BCUT2D eigenvalue weighted by atomic mass is 10.1. The summed E-state index contributed by atoms with van der Waals surface area (Å²) in [5, 5.41) is 3.68. The first-order valence-electron chi connectivity index (χ1n) is 7.90. The van der Waals surface area contributed by atoms with E-state index in [0.29, 0.717) is 0 Å². The fraction of sp³-hybridized carbons (Fsp3) is 0.0500. The zero-order valence-electron chi connectivity index (χ0n) is 12.8. The van der Waals surface area contributed by atoms with Gasteiger partial charge in [-0.1, -0.05) is 58.4 Å². The molecule has 1 aliphatic rings. The number of nitrogens with one attached hydrogen (secondary N) is 1. The van der Waals surface area contributed by atoms with E-state index in [1.807, 2.05) is 12.1 Å². The lowest BCUT2D eigenvalue weighted by Crippen LogP contribution is -2.25. The van der Waals surface area contributed by atoms with Crippen molar-refractivity contribution in [2.75, 3.05) is 5.32 Å². The van der Waals surface area contributed by atoms with Crippen LogP contribution in [0.5, 0.6) is 0 Å². The molecule has 1 aliphatic heterocycles. The maximum absolute atomic E-state index is 4.91. The van der Waals surface area contributed by atoms with E-state index in [1.165, 1.54) is 5.56 Å². The number of fused-ring (bicyclic) bond motifs is 5. The Labute approximate surface area is 148 Å². The van der Waals surface area contributed by atoms with Crippen LogP contribution in [0.3, 0.4) is 0 Å². The van der Waals surface area contributed by atoms with Gasteiger partial charge in [0.15, 0.2) is 0 Å². The average Bonchev–Trinajstić information content (AvgIpc) is 3.01. The van der Waals surface area contributed by atoms with Crippen LogP contribution in [0.2, 0.25) is 0 Å². The predicted octanol–water partition coefficient (Wildman–Crippen LogP) is 5.44. The summed E-state index contributed by atoms with van der Waals surface area (Å²) in [5.74, 6) is 1.01. The highest BCUT2D eigenvalue weighted by molar-refractivity contribution is 9.10. The molecule has 3 nitrogen and oxygen atoms in total. The second-order valence-corrected chi connectivity index (χ2v) is 6.76. The Balaban J connectivity index is 1.86. The van der Waals surface area contributed by atoms with Gasteiger partial charge in [0.25, 0.3) is 0 Å². The van der Waals surface area contributed by atoms with E-state index >= 15 is 0 Å². The van der Waals surface area contributed by atoms with E-state index in [1.54, 1.807) is 0 Å². The molecule has 5 rings (SSSR count). The number of nitrogens with zero attached hydrogens (tertiary/aromatic N) is 2. The Morgan fingerprint density at radius 2 is 1.62 bits per heavy atom. The fourth-order valence-corrected chi connectivity index (χ4v) is 3.93. The fourth-order valence-electron chi connectivity index (χ4n) is 3.43. The first-order chi connectivity index (χ1) is 11.8. The van der Waals surface area contributed by atoms with E-state index in [9.17, 15) is 0 Å². The average molecular weight is 376 g/mol. The molecule has 0 saturated heterocycles. The number of anilines is 1. The highest BCUT2D eigenvalue weighted by Gasteiger charge is 2.28. The third kappa shape index (κ3) is 1.93. The van der Waals surface area contributed by atoms with Crippen LogP contribution < -0.4 is 5.32 Å². The molecule has 0 aliphatic carbocycles. The molecule has 1 aromatic heterocycles. The number of benzene rings is 3. The highest BCUT2D eigenvalue weighted by atomic mass is 79.9. The molecule has 0 radical (unpaired) electrons. The predicted molar refractivity (Wildman–Crippen MR) is 101 cm³/mol. The third-order valence-electron chi connectivity index (χ3n) is 4.51. The van der Waals surface area contributed by atoms with Crippen LogP contribution >= 0.6 is 15.9 Å². The number of imidazole rings is 1. The van der Waals surface area contributed by atoms with Crippen molar-refractivity contribution < 1.29 is 0 Å². The largest absolute Gasteiger partial charge is 0.360 e. The van der Waals surface area contributed by atoms with E-state index < -0.39 is 0 Å². The van der Waals surface area contributed by atoms with Crippen LogP contribution in [0.25, 0.3) is 22.4 Å². The molecule has 3 aromatic carbocycles. The number of halogens is 1. The first-order valence-corrected chi connectivity index (χ1v) is 8.69. The summed E-state index contributed by atoms with van der Waals surface area (Å²) < 4.78 is 3.38. The summed E-state index contributed by atoms with van der Waals surface area (Å²) in [6, 6.07) is 25.0. The Bertz CT molecular complexity index is 1070. The summed E-state index contributed by atoms with van der Waals surface area (Å²) in [6.07, 6.45) is -0.00197. The molecule has 4 heteroatoms. The zero-order chi connectivity index (χ0) is 16.1. The second kappa shape index (κ2) is 5.21. The Kier molecular flexibility index (Phi) is 3.00. The van der Waals surface area contributed by atoms with Gasteiger partial charge in [0.2, 0.25) is 0 Å². The van der Waals surface area contributed by atoms with Crippen molar-refractivity contribution >= 4 is 32.7 Å².